The Morgan fingerprint density at radius 1 is 0.826 bits per heavy atom. The van der Waals surface area contributed by atoms with Crippen molar-refractivity contribution in [1.82, 2.24) is 0 Å². The molecule has 0 bridgehead atoms. The number of hydrogen-bond acceptors (Lipinski definition) is 3. The molecule has 0 radical (unpaired) electrons. The molecule has 0 saturated heterocycles. The molecule has 0 aliphatic rings. The predicted molar refractivity (Wildman–Crippen MR) is 100.0 cm³/mol. The van der Waals surface area contributed by atoms with Crippen LogP contribution in [0.3, 0.4) is 0 Å². The summed E-state index contributed by atoms with van der Waals surface area (Å²) in [5.74, 6) is 0.476. The number of hydrogen-bond donors (Lipinski definition) is 0. The monoisotopic (exact) mass is 350 g/mol. The summed E-state index contributed by atoms with van der Waals surface area (Å²) >= 11 is 0. The average Bonchev–Trinajstić information content (AvgIpc) is 2.47. The van der Waals surface area contributed by atoms with Gasteiger partial charge in [0.15, 0.2) is 0 Å². The van der Waals surface area contributed by atoms with Gasteiger partial charge >= 0.3 is 39.7 Å². The van der Waals surface area contributed by atoms with Crippen LogP contribution in [0.25, 0.3) is 0 Å². The van der Waals surface area contributed by atoms with E-state index in [2.05, 4.69) is 6.92 Å². The Balaban J connectivity index is 0.00000484. The van der Waals surface area contributed by atoms with Crippen molar-refractivity contribution >= 4 is 39.7 Å². The van der Waals surface area contributed by atoms with E-state index in [4.69, 9.17) is 4.18 Å². The third-order valence-corrected chi connectivity index (χ3v) is 5.02. The summed E-state index contributed by atoms with van der Waals surface area (Å²) in [5, 5.41) is 0. The third-order valence-electron chi connectivity index (χ3n) is 3.67. The van der Waals surface area contributed by atoms with Crippen LogP contribution in [0, 0.1) is 0 Å². The van der Waals surface area contributed by atoms with Gasteiger partial charge in [-0.15, -0.1) is 0 Å². The first-order valence-corrected chi connectivity index (χ1v) is 10.2. The van der Waals surface area contributed by atoms with Crippen LogP contribution in [0.15, 0.2) is 24.3 Å². The van der Waals surface area contributed by atoms with Gasteiger partial charge in [-0.05, 0) is 37.0 Å². The van der Waals surface area contributed by atoms with Gasteiger partial charge in [0, 0.05) is 0 Å². The van der Waals surface area contributed by atoms with E-state index in [-0.39, 0.29) is 35.3 Å². The fourth-order valence-electron chi connectivity index (χ4n) is 2.44. The minimum absolute atomic E-state index is 0. The first kappa shape index (κ1) is 23.0. The molecule has 0 aliphatic heterocycles. The van der Waals surface area contributed by atoms with Crippen LogP contribution in [0.2, 0.25) is 0 Å². The van der Waals surface area contributed by atoms with Crippen LogP contribution in [0.5, 0.6) is 5.75 Å². The number of rotatable bonds is 12. The van der Waals surface area contributed by atoms with Gasteiger partial charge in [-0.1, -0.05) is 64.5 Å². The predicted octanol–water partition coefficient (Wildman–Crippen LogP) is 4.45. The molecule has 0 fully saturated rings. The zero-order chi connectivity index (χ0) is 16.3. The first-order valence-electron chi connectivity index (χ1n) is 8.58. The second-order valence-electron chi connectivity index (χ2n) is 5.86. The second-order valence-corrected chi connectivity index (χ2v) is 7.55. The molecule has 0 N–H and O–H groups in total. The van der Waals surface area contributed by atoms with Crippen molar-refractivity contribution in [2.24, 2.45) is 0 Å². The molecule has 0 aliphatic carbocycles. The van der Waals surface area contributed by atoms with Gasteiger partial charge in [0.1, 0.15) is 5.75 Å². The van der Waals surface area contributed by atoms with E-state index in [1.165, 1.54) is 50.5 Å². The molecular formula is C18H31NaO3S. The zero-order valence-corrected chi connectivity index (χ0v) is 14.8. The summed E-state index contributed by atoms with van der Waals surface area (Å²) in [6.45, 7) is 4.06. The Bertz CT molecular complexity index is 498. The molecule has 0 heterocycles. The molecule has 0 spiro atoms. The van der Waals surface area contributed by atoms with Gasteiger partial charge in [0.25, 0.3) is 0 Å². The Hall–Kier alpha value is -0.0300. The van der Waals surface area contributed by atoms with E-state index >= 15 is 0 Å². The molecule has 0 atom stereocenters. The molecule has 23 heavy (non-hydrogen) atoms. The van der Waals surface area contributed by atoms with E-state index < -0.39 is 10.1 Å². The number of unbranched alkanes of at least 4 members (excludes halogenated alkanes) is 6. The van der Waals surface area contributed by atoms with Crippen LogP contribution in [-0.4, -0.2) is 43.7 Å². The van der Waals surface area contributed by atoms with E-state index in [1.807, 2.05) is 19.1 Å². The summed E-state index contributed by atoms with van der Waals surface area (Å²) in [6.07, 6.45) is 10.7. The summed E-state index contributed by atoms with van der Waals surface area (Å²) in [5.41, 5.74) is 1.24. The molecule has 0 aromatic heterocycles. The Kier molecular flexibility index (Phi) is 13.3. The second kappa shape index (κ2) is 13.3. The van der Waals surface area contributed by atoms with Gasteiger partial charge in [0.2, 0.25) is 0 Å². The normalized spacial score (nSPS) is 11.0. The average molecular weight is 351 g/mol. The van der Waals surface area contributed by atoms with Crippen molar-refractivity contribution in [3.63, 3.8) is 0 Å². The van der Waals surface area contributed by atoms with Crippen LogP contribution < -0.4 is 4.18 Å². The summed E-state index contributed by atoms with van der Waals surface area (Å²) in [7, 11) is -3.43. The van der Waals surface area contributed by atoms with Crippen molar-refractivity contribution in [3.05, 3.63) is 29.8 Å². The van der Waals surface area contributed by atoms with E-state index in [0.29, 0.717) is 12.2 Å². The van der Waals surface area contributed by atoms with Gasteiger partial charge < -0.3 is 4.18 Å². The van der Waals surface area contributed by atoms with Crippen LogP contribution in [-0.2, 0) is 16.5 Å². The van der Waals surface area contributed by atoms with Crippen molar-refractivity contribution in [2.45, 2.75) is 71.6 Å². The Morgan fingerprint density at radius 3 is 1.96 bits per heavy atom. The molecular weight excluding hydrogens is 319 g/mol. The van der Waals surface area contributed by atoms with E-state index in [1.54, 1.807) is 12.1 Å². The van der Waals surface area contributed by atoms with Gasteiger partial charge in [0.05, 0.1) is 5.75 Å². The maximum absolute atomic E-state index is 11.6. The van der Waals surface area contributed by atoms with Crippen molar-refractivity contribution < 1.29 is 12.6 Å². The zero-order valence-electron chi connectivity index (χ0n) is 14.0. The van der Waals surface area contributed by atoms with Crippen molar-refractivity contribution in [2.75, 3.05) is 5.75 Å². The van der Waals surface area contributed by atoms with Crippen LogP contribution >= 0.6 is 0 Å². The van der Waals surface area contributed by atoms with E-state index in [0.717, 1.165) is 6.42 Å². The molecule has 1 aromatic carbocycles. The molecule has 0 saturated carbocycles. The SMILES string of the molecule is CCCCCCCCCc1ccc(OS(=O)(=O)CCC)cc1.[NaH]. The molecule has 1 aromatic rings. The van der Waals surface area contributed by atoms with Crippen molar-refractivity contribution in [3.8, 4) is 5.75 Å². The summed E-state index contributed by atoms with van der Waals surface area (Å²) in [4.78, 5) is 0. The Labute approximate surface area is 164 Å². The standard InChI is InChI=1S/C18H30O3S.Na.H/c1-3-5-6-7-8-9-10-11-17-12-14-18(15-13-17)21-22(19,20)16-4-2;;/h12-15H,3-11,16H2,1-2H3;;. The van der Waals surface area contributed by atoms with Crippen molar-refractivity contribution in [1.29, 1.82) is 0 Å². The third kappa shape index (κ3) is 11.2. The molecule has 1 rings (SSSR count). The first-order chi connectivity index (χ1) is 10.6. The van der Waals surface area contributed by atoms with Gasteiger partial charge in [-0.2, -0.15) is 8.42 Å². The molecule has 128 valence electrons. The fraction of sp³-hybridized carbons (Fsp3) is 0.667. The van der Waals surface area contributed by atoms with Gasteiger partial charge in [-0.3, -0.25) is 0 Å². The molecule has 3 nitrogen and oxygen atoms in total. The Morgan fingerprint density at radius 2 is 1.39 bits per heavy atom. The molecule has 0 amide bonds. The molecule has 0 unspecified atom stereocenters. The van der Waals surface area contributed by atoms with Crippen LogP contribution in [0.4, 0.5) is 0 Å². The topological polar surface area (TPSA) is 43.4 Å². The summed E-state index contributed by atoms with van der Waals surface area (Å²) < 4.78 is 28.2. The maximum atomic E-state index is 11.6. The number of aryl methyl sites for hydroxylation is 1. The minimum atomic E-state index is -3.43. The number of benzene rings is 1. The van der Waals surface area contributed by atoms with E-state index in [9.17, 15) is 8.42 Å². The molecule has 5 heteroatoms. The fourth-order valence-corrected chi connectivity index (χ4v) is 3.42. The van der Waals surface area contributed by atoms with Crippen LogP contribution in [0.1, 0.15) is 70.8 Å². The van der Waals surface area contributed by atoms with Gasteiger partial charge in [-0.25, -0.2) is 0 Å². The summed E-state index contributed by atoms with van der Waals surface area (Å²) in [6, 6.07) is 7.44. The quantitative estimate of drug-likeness (QED) is 0.318.